The van der Waals surface area contributed by atoms with Crippen LogP contribution in [0.25, 0.3) is 0 Å². The van der Waals surface area contributed by atoms with Crippen LogP contribution in [-0.2, 0) is 9.53 Å². The van der Waals surface area contributed by atoms with Crippen LogP contribution < -0.4 is 5.32 Å². The molecule has 78 valence electrons. The van der Waals surface area contributed by atoms with E-state index in [0.29, 0.717) is 6.54 Å². The number of methoxy groups -OCH3 is 1. The van der Waals surface area contributed by atoms with Crippen molar-refractivity contribution in [1.29, 1.82) is 0 Å². The molecule has 0 aromatic rings. The van der Waals surface area contributed by atoms with E-state index in [1.54, 1.807) is 0 Å². The molecule has 1 N–H and O–H groups in total. The lowest BCUT2D eigenvalue weighted by Gasteiger charge is -2.02. The Hall–Kier alpha value is -0.570. The highest BCUT2D eigenvalue weighted by atomic mass is 16.5. The summed E-state index contributed by atoms with van der Waals surface area (Å²) < 4.78 is 4.49. The summed E-state index contributed by atoms with van der Waals surface area (Å²) in [6, 6.07) is 0. The van der Waals surface area contributed by atoms with Gasteiger partial charge in [0.25, 0.3) is 0 Å². The molecule has 0 aliphatic heterocycles. The normalized spacial score (nSPS) is 10.0. The van der Waals surface area contributed by atoms with Crippen molar-refractivity contribution in [3.63, 3.8) is 0 Å². The summed E-state index contributed by atoms with van der Waals surface area (Å²) in [6.07, 6.45) is 6.29. The predicted octanol–water partition coefficient (Wildman–Crippen LogP) is 1.72. The van der Waals surface area contributed by atoms with Crippen molar-refractivity contribution in [3.05, 3.63) is 0 Å². The largest absolute Gasteiger partial charge is 0.468 e. The summed E-state index contributed by atoms with van der Waals surface area (Å²) in [7, 11) is 1.41. The SMILES string of the molecule is CCCCCCCNCC(=O)OC. The first-order valence-electron chi connectivity index (χ1n) is 5.08. The smallest absolute Gasteiger partial charge is 0.319 e. The van der Waals surface area contributed by atoms with Gasteiger partial charge in [-0.15, -0.1) is 0 Å². The fourth-order valence-corrected chi connectivity index (χ4v) is 1.12. The van der Waals surface area contributed by atoms with Gasteiger partial charge in [-0.25, -0.2) is 0 Å². The van der Waals surface area contributed by atoms with Crippen LogP contribution in [0, 0.1) is 0 Å². The maximum Gasteiger partial charge on any atom is 0.319 e. The topological polar surface area (TPSA) is 38.3 Å². The first-order chi connectivity index (χ1) is 6.31. The van der Waals surface area contributed by atoms with E-state index in [0.717, 1.165) is 13.0 Å². The van der Waals surface area contributed by atoms with Crippen molar-refractivity contribution >= 4 is 5.97 Å². The van der Waals surface area contributed by atoms with Crippen LogP contribution in [0.3, 0.4) is 0 Å². The Morgan fingerprint density at radius 1 is 1.23 bits per heavy atom. The van der Waals surface area contributed by atoms with Crippen molar-refractivity contribution in [3.8, 4) is 0 Å². The summed E-state index contributed by atoms with van der Waals surface area (Å²) in [5.74, 6) is -0.187. The number of ether oxygens (including phenoxy) is 1. The van der Waals surface area contributed by atoms with E-state index in [-0.39, 0.29) is 5.97 Å². The molecule has 0 amide bonds. The molecule has 0 aliphatic rings. The van der Waals surface area contributed by atoms with Crippen LogP contribution in [-0.4, -0.2) is 26.2 Å². The maximum absolute atomic E-state index is 10.7. The highest BCUT2D eigenvalue weighted by molar-refractivity contribution is 5.71. The third kappa shape index (κ3) is 9.34. The van der Waals surface area contributed by atoms with Gasteiger partial charge in [0.1, 0.15) is 0 Å². The summed E-state index contributed by atoms with van der Waals surface area (Å²) in [6.45, 7) is 3.46. The Labute approximate surface area is 80.8 Å². The zero-order valence-electron chi connectivity index (χ0n) is 8.77. The average molecular weight is 187 g/mol. The Bertz CT molecular complexity index is 126. The number of unbranched alkanes of at least 4 members (excludes halogenated alkanes) is 4. The van der Waals surface area contributed by atoms with Crippen molar-refractivity contribution in [1.82, 2.24) is 5.32 Å². The number of carbonyl (C=O) groups is 1. The van der Waals surface area contributed by atoms with E-state index < -0.39 is 0 Å². The minimum Gasteiger partial charge on any atom is -0.468 e. The summed E-state index contributed by atoms with van der Waals surface area (Å²) in [4.78, 5) is 10.7. The standard InChI is InChI=1S/C10H21NO2/c1-3-4-5-6-7-8-11-9-10(12)13-2/h11H,3-9H2,1-2H3. The van der Waals surface area contributed by atoms with E-state index in [9.17, 15) is 4.79 Å². The Morgan fingerprint density at radius 2 is 1.92 bits per heavy atom. The Balaban J connectivity index is 2.95. The highest BCUT2D eigenvalue weighted by Crippen LogP contribution is 2.00. The van der Waals surface area contributed by atoms with Gasteiger partial charge in [0.15, 0.2) is 0 Å². The lowest BCUT2D eigenvalue weighted by molar-refractivity contribution is -0.139. The molecular formula is C10H21NO2. The fourth-order valence-electron chi connectivity index (χ4n) is 1.12. The van der Waals surface area contributed by atoms with Crippen LogP contribution in [0.2, 0.25) is 0 Å². The van der Waals surface area contributed by atoms with Crippen LogP contribution in [0.4, 0.5) is 0 Å². The van der Waals surface area contributed by atoms with E-state index in [2.05, 4.69) is 17.0 Å². The zero-order chi connectivity index (χ0) is 9.94. The molecule has 3 nitrogen and oxygen atoms in total. The fraction of sp³-hybridized carbons (Fsp3) is 0.900. The van der Waals surface area contributed by atoms with Gasteiger partial charge in [0.05, 0.1) is 13.7 Å². The molecular weight excluding hydrogens is 166 g/mol. The summed E-state index contributed by atoms with van der Waals surface area (Å²) in [5.41, 5.74) is 0. The molecule has 0 aromatic carbocycles. The molecule has 0 rings (SSSR count). The molecule has 0 atom stereocenters. The first kappa shape index (κ1) is 12.4. The second kappa shape index (κ2) is 9.52. The van der Waals surface area contributed by atoms with Crippen molar-refractivity contribution in [2.45, 2.75) is 39.0 Å². The van der Waals surface area contributed by atoms with E-state index >= 15 is 0 Å². The third-order valence-electron chi connectivity index (χ3n) is 1.95. The molecule has 0 heterocycles. The lowest BCUT2D eigenvalue weighted by atomic mass is 10.1. The molecule has 13 heavy (non-hydrogen) atoms. The number of carbonyl (C=O) groups excluding carboxylic acids is 1. The predicted molar refractivity (Wildman–Crippen MR) is 53.6 cm³/mol. The number of hydrogen-bond donors (Lipinski definition) is 1. The summed E-state index contributed by atoms with van der Waals surface area (Å²) in [5, 5.41) is 3.04. The molecule has 3 heteroatoms. The van der Waals surface area contributed by atoms with Crippen LogP contribution in [0.5, 0.6) is 0 Å². The highest BCUT2D eigenvalue weighted by Gasteiger charge is 1.96. The minimum atomic E-state index is -0.187. The van der Waals surface area contributed by atoms with Crippen molar-refractivity contribution in [2.75, 3.05) is 20.2 Å². The molecule has 0 saturated heterocycles. The van der Waals surface area contributed by atoms with Crippen LogP contribution in [0.1, 0.15) is 39.0 Å². The quantitative estimate of drug-likeness (QED) is 0.464. The lowest BCUT2D eigenvalue weighted by Crippen LogP contribution is -2.24. The second-order valence-electron chi connectivity index (χ2n) is 3.17. The molecule has 0 fully saturated rings. The molecule has 0 aliphatic carbocycles. The van der Waals surface area contributed by atoms with E-state index in [1.165, 1.54) is 32.8 Å². The average Bonchev–Trinajstić information content (AvgIpc) is 2.16. The van der Waals surface area contributed by atoms with Gasteiger partial charge in [-0.3, -0.25) is 4.79 Å². The first-order valence-corrected chi connectivity index (χ1v) is 5.08. The van der Waals surface area contributed by atoms with Gasteiger partial charge >= 0.3 is 5.97 Å². The maximum atomic E-state index is 10.7. The molecule has 0 radical (unpaired) electrons. The monoisotopic (exact) mass is 187 g/mol. The van der Waals surface area contributed by atoms with Gasteiger partial charge in [-0.2, -0.15) is 0 Å². The molecule has 0 bridgehead atoms. The second-order valence-corrected chi connectivity index (χ2v) is 3.17. The van der Waals surface area contributed by atoms with Gasteiger partial charge in [0, 0.05) is 0 Å². The molecule has 0 aromatic heterocycles. The van der Waals surface area contributed by atoms with Gasteiger partial charge < -0.3 is 10.1 Å². The van der Waals surface area contributed by atoms with Gasteiger partial charge in [0.2, 0.25) is 0 Å². The Kier molecular flexibility index (Phi) is 9.10. The Morgan fingerprint density at radius 3 is 2.54 bits per heavy atom. The van der Waals surface area contributed by atoms with Crippen LogP contribution in [0.15, 0.2) is 0 Å². The zero-order valence-corrected chi connectivity index (χ0v) is 8.77. The number of nitrogens with one attached hydrogen (secondary N) is 1. The van der Waals surface area contributed by atoms with E-state index in [4.69, 9.17) is 0 Å². The minimum absolute atomic E-state index is 0.187. The van der Waals surface area contributed by atoms with E-state index in [1.807, 2.05) is 0 Å². The summed E-state index contributed by atoms with van der Waals surface area (Å²) >= 11 is 0. The van der Waals surface area contributed by atoms with Crippen molar-refractivity contribution < 1.29 is 9.53 Å². The van der Waals surface area contributed by atoms with Crippen molar-refractivity contribution in [2.24, 2.45) is 0 Å². The number of hydrogen-bond acceptors (Lipinski definition) is 3. The number of esters is 1. The van der Waals surface area contributed by atoms with Crippen LogP contribution >= 0.6 is 0 Å². The molecule has 0 spiro atoms. The number of rotatable bonds is 8. The molecule has 0 unspecified atom stereocenters. The van der Waals surface area contributed by atoms with Gasteiger partial charge in [-0.05, 0) is 13.0 Å². The third-order valence-corrected chi connectivity index (χ3v) is 1.95. The molecule has 0 saturated carbocycles. The van der Waals surface area contributed by atoms with Gasteiger partial charge in [-0.1, -0.05) is 32.6 Å².